The number of carbonyl (C=O) groups is 1. The van der Waals surface area contributed by atoms with Crippen LogP contribution in [0.3, 0.4) is 0 Å². The highest BCUT2D eigenvalue weighted by Gasteiger charge is 2.08. The standard InChI is InChI=1S/C15H18N2O3/c1-2-20-8-4-7-17-15(19)13(11-16)9-12-5-3-6-14(18)10-12/h3,5-6,9-10,18H,2,4,7-8H2,1H3,(H,17,19)/b13-9+. The fourth-order valence-electron chi connectivity index (χ4n) is 1.55. The summed E-state index contributed by atoms with van der Waals surface area (Å²) in [5, 5.41) is 21.0. The first-order valence-electron chi connectivity index (χ1n) is 6.44. The van der Waals surface area contributed by atoms with Gasteiger partial charge in [-0.3, -0.25) is 4.79 Å². The number of nitrogens with zero attached hydrogens (tertiary/aromatic N) is 1. The first kappa shape index (κ1) is 15.7. The highest BCUT2D eigenvalue weighted by atomic mass is 16.5. The predicted molar refractivity (Wildman–Crippen MR) is 75.8 cm³/mol. The van der Waals surface area contributed by atoms with Gasteiger partial charge in [-0.15, -0.1) is 0 Å². The molecule has 0 atom stereocenters. The molecule has 5 nitrogen and oxygen atoms in total. The van der Waals surface area contributed by atoms with E-state index in [4.69, 9.17) is 10.00 Å². The van der Waals surface area contributed by atoms with Crippen LogP contribution in [0.4, 0.5) is 0 Å². The highest BCUT2D eigenvalue weighted by molar-refractivity contribution is 6.01. The molecule has 0 aliphatic rings. The van der Waals surface area contributed by atoms with Crippen molar-refractivity contribution in [2.45, 2.75) is 13.3 Å². The van der Waals surface area contributed by atoms with Gasteiger partial charge in [-0.1, -0.05) is 12.1 Å². The van der Waals surface area contributed by atoms with E-state index in [0.717, 1.165) is 0 Å². The van der Waals surface area contributed by atoms with Crippen LogP contribution in [0.25, 0.3) is 6.08 Å². The van der Waals surface area contributed by atoms with Crippen LogP contribution in [-0.2, 0) is 9.53 Å². The third kappa shape index (κ3) is 5.55. The van der Waals surface area contributed by atoms with Gasteiger partial charge < -0.3 is 15.2 Å². The van der Waals surface area contributed by atoms with Gasteiger partial charge in [0.15, 0.2) is 0 Å². The Morgan fingerprint density at radius 1 is 1.55 bits per heavy atom. The zero-order valence-corrected chi connectivity index (χ0v) is 11.4. The number of nitrogens with one attached hydrogen (secondary N) is 1. The maximum absolute atomic E-state index is 11.8. The normalized spacial score (nSPS) is 10.9. The first-order valence-corrected chi connectivity index (χ1v) is 6.44. The first-order chi connectivity index (χ1) is 9.67. The molecule has 1 amide bonds. The summed E-state index contributed by atoms with van der Waals surface area (Å²) in [5.74, 6) is -0.333. The number of amides is 1. The zero-order valence-electron chi connectivity index (χ0n) is 11.4. The van der Waals surface area contributed by atoms with Gasteiger partial charge in [0.2, 0.25) is 0 Å². The minimum absolute atomic E-state index is 0.00649. The molecule has 0 spiro atoms. The molecule has 5 heteroatoms. The van der Waals surface area contributed by atoms with Crippen LogP contribution in [-0.4, -0.2) is 30.8 Å². The molecule has 0 fully saturated rings. The third-order valence-corrected chi connectivity index (χ3v) is 2.50. The van der Waals surface area contributed by atoms with E-state index in [1.165, 1.54) is 18.2 Å². The van der Waals surface area contributed by atoms with E-state index in [1.807, 2.05) is 13.0 Å². The van der Waals surface area contributed by atoms with E-state index in [9.17, 15) is 9.90 Å². The van der Waals surface area contributed by atoms with E-state index in [2.05, 4.69) is 5.32 Å². The van der Waals surface area contributed by atoms with E-state index in [-0.39, 0.29) is 11.3 Å². The summed E-state index contributed by atoms with van der Waals surface area (Å²) in [7, 11) is 0. The summed E-state index contributed by atoms with van der Waals surface area (Å²) in [6.07, 6.45) is 2.14. The Morgan fingerprint density at radius 3 is 3.00 bits per heavy atom. The SMILES string of the molecule is CCOCCCNC(=O)/C(C#N)=C/c1cccc(O)c1. The largest absolute Gasteiger partial charge is 0.508 e. The topological polar surface area (TPSA) is 82.3 Å². The molecule has 0 unspecified atom stereocenters. The smallest absolute Gasteiger partial charge is 0.261 e. The van der Waals surface area contributed by atoms with E-state index >= 15 is 0 Å². The van der Waals surface area contributed by atoms with Crippen molar-refractivity contribution < 1.29 is 14.6 Å². The molecule has 106 valence electrons. The average molecular weight is 274 g/mol. The summed E-state index contributed by atoms with van der Waals surface area (Å²) >= 11 is 0. The number of hydrogen-bond acceptors (Lipinski definition) is 4. The van der Waals surface area contributed by atoms with Crippen LogP contribution >= 0.6 is 0 Å². The van der Waals surface area contributed by atoms with Crippen LogP contribution in [0.15, 0.2) is 29.8 Å². The van der Waals surface area contributed by atoms with Crippen molar-refractivity contribution in [3.05, 3.63) is 35.4 Å². The number of hydrogen-bond donors (Lipinski definition) is 2. The molecule has 0 aliphatic heterocycles. The molecule has 0 aliphatic carbocycles. The van der Waals surface area contributed by atoms with Gasteiger partial charge >= 0.3 is 0 Å². The molecule has 2 N–H and O–H groups in total. The number of benzene rings is 1. The monoisotopic (exact) mass is 274 g/mol. The number of nitriles is 1. The number of ether oxygens (including phenoxy) is 1. The van der Waals surface area contributed by atoms with Crippen LogP contribution in [0.1, 0.15) is 18.9 Å². The molecule has 1 rings (SSSR count). The quantitative estimate of drug-likeness (QED) is 0.451. The van der Waals surface area contributed by atoms with Gasteiger partial charge in [-0.05, 0) is 37.1 Å². The maximum Gasteiger partial charge on any atom is 0.261 e. The number of aromatic hydroxyl groups is 1. The second-order valence-corrected chi connectivity index (χ2v) is 4.07. The van der Waals surface area contributed by atoms with Crippen LogP contribution in [0, 0.1) is 11.3 Å². The molecule has 0 saturated heterocycles. The second kappa shape index (κ2) is 8.73. The lowest BCUT2D eigenvalue weighted by atomic mass is 10.1. The number of rotatable bonds is 7. The Bertz CT molecular complexity index is 518. The van der Waals surface area contributed by atoms with Gasteiger partial charge in [0, 0.05) is 19.8 Å². The Hall–Kier alpha value is -2.32. The third-order valence-electron chi connectivity index (χ3n) is 2.50. The van der Waals surface area contributed by atoms with Crippen LogP contribution in [0.2, 0.25) is 0 Å². The van der Waals surface area contributed by atoms with Crippen LogP contribution < -0.4 is 5.32 Å². The van der Waals surface area contributed by atoms with Crippen LogP contribution in [0.5, 0.6) is 5.75 Å². The molecule has 0 heterocycles. The Morgan fingerprint density at radius 2 is 2.35 bits per heavy atom. The lowest BCUT2D eigenvalue weighted by molar-refractivity contribution is -0.117. The number of phenols is 1. The molecule has 0 aromatic heterocycles. The van der Waals surface area contributed by atoms with E-state index in [1.54, 1.807) is 12.1 Å². The summed E-state index contributed by atoms with van der Waals surface area (Å²) < 4.78 is 5.15. The Labute approximate surface area is 118 Å². The van der Waals surface area contributed by atoms with Gasteiger partial charge in [-0.25, -0.2) is 0 Å². The van der Waals surface area contributed by atoms with Crippen molar-refractivity contribution in [2.24, 2.45) is 0 Å². The van der Waals surface area contributed by atoms with Gasteiger partial charge in [0.1, 0.15) is 17.4 Å². The predicted octanol–water partition coefficient (Wildman–Crippen LogP) is 1.84. The fourth-order valence-corrected chi connectivity index (χ4v) is 1.55. The van der Waals surface area contributed by atoms with Crippen molar-refractivity contribution in [3.63, 3.8) is 0 Å². The molecular weight excluding hydrogens is 256 g/mol. The maximum atomic E-state index is 11.8. The molecule has 1 aromatic rings. The minimum Gasteiger partial charge on any atom is -0.508 e. The summed E-state index contributed by atoms with van der Waals surface area (Å²) in [5.41, 5.74) is 0.609. The summed E-state index contributed by atoms with van der Waals surface area (Å²) in [6.45, 7) is 3.59. The average Bonchev–Trinajstić information content (AvgIpc) is 2.44. The molecule has 0 saturated carbocycles. The lowest BCUT2D eigenvalue weighted by Crippen LogP contribution is -2.26. The Balaban J connectivity index is 2.57. The van der Waals surface area contributed by atoms with E-state index < -0.39 is 5.91 Å². The van der Waals surface area contributed by atoms with Crippen molar-refractivity contribution in [1.29, 1.82) is 5.26 Å². The lowest BCUT2D eigenvalue weighted by Gasteiger charge is -2.04. The summed E-state index contributed by atoms with van der Waals surface area (Å²) in [6, 6.07) is 8.23. The molecule has 0 bridgehead atoms. The van der Waals surface area contributed by atoms with Crippen molar-refractivity contribution in [3.8, 4) is 11.8 Å². The molecular formula is C15H18N2O3. The molecule has 20 heavy (non-hydrogen) atoms. The van der Waals surface area contributed by atoms with Crippen molar-refractivity contribution >= 4 is 12.0 Å². The van der Waals surface area contributed by atoms with Gasteiger partial charge in [0.05, 0.1) is 0 Å². The van der Waals surface area contributed by atoms with Crippen molar-refractivity contribution in [1.82, 2.24) is 5.32 Å². The second-order valence-electron chi connectivity index (χ2n) is 4.07. The molecule has 1 aromatic carbocycles. The summed E-state index contributed by atoms with van der Waals surface area (Å²) in [4.78, 5) is 11.8. The number of phenolic OH excluding ortho intramolecular Hbond substituents is 1. The highest BCUT2D eigenvalue weighted by Crippen LogP contribution is 2.13. The van der Waals surface area contributed by atoms with Gasteiger partial charge in [0.25, 0.3) is 5.91 Å². The molecule has 0 radical (unpaired) electrons. The fraction of sp³-hybridized carbons (Fsp3) is 0.333. The van der Waals surface area contributed by atoms with E-state index in [0.29, 0.717) is 31.7 Å². The van der Waals surface area contributed by atoms with Gasteiger partial charge in [-0.2, -0.15) is 5.26 Å². The number of carbonyl (C=O) groups excluding carboxylic acids is 1. The minimum atomic E-state index is -0.424. The zero-order chi connectivity index (χ0) is 14.8. The van der Waals surface area contributed by atoms with Crippen molar-refractivity contribution in [2.75, 3.05) is 19.8 Å². The Kier molecular flexibility index (Phi) is 6.87.